The van der Waals surface area contributed by atoms with Crippen molar-refractivity contribution in [2.45, 2.75) is 39.3 Å². The van der Waals surface area contributed by atoms with Gasteiger partial charge >= 0.3 is 6.09 Å². The van der Waals surface area contributed by atoms with Gasteiger partial charge in [-0.3, -0.25) is 4.98 Å². The van der Waals surface area contributed by atoms with Crippen molar-refractivity contribution in [2.75, 3.05) is 38.8 Å². The molecule has 2 aromatic rings. The first-order chi connectivity index (χ1) is 13.2. The molecule has 1 fully saturated rings. The number of hydrogen-bond acceptors (Lipinski definition) is 6. The summed E-state index contributed by atoms with van der Waals surface area (Å²) in [6.45, 7) is 9.74. The van der Waals surface area contributed by atoms with Crippen molar-refractivity contribution in [3.63, 3.8) is 0 Å². The van der Waals surface area contributed by atoms with E-state index in [2.05, 4.69) is 9.88 Å². The van der Waals surface area contributed by atoms with E-state index in [1.165, 1.54) is 0 Å². The van der Waals surface area contributed by atoms with Crippen LogP contribution < -0.4 is 14.4 Å². The molecule has 7 nitrogen and oxygen atoms in total. The SMILES string of the molecule is COc1cc2nccc(N3CCN(C(=O)OC(C)(C)C)C(C)C3)c2cc1OC. The second kappa shape index (κ2) is 7.73. The predicted molar refractivity (Wildman–Crippen MR) is 109 cm³/mol. The lowest BCUT2D eigenvalue weighted by Crippen LogP contribution is -2.55. The van der Waals surface area contributed by atoms with Crippen molar-refractivity contribution in [3.05, 3.63) is 24.4 Å². The Bertz CT molecular complexity index is 863. The second-order valence-electron chi connectivity index (χ2n) is 8.02. The van der Waals surface area contributed by atoms with E-state index in [0.29, 0.717) is 24.6 Å². The average molecular weight is 387 g/mol. The van der Waals surface area contributed by atoms with Gasteiger partial charge in [0.15, 0.2) is 11.5 Å². The molecular weight excluding hydrogens is 358 g/mol. The second-order valence-corrected chi connectivity index (χ2v) is 8.02. The molecule has 0 N–H and O–H groups in total. The summed E-state index contributed by atoms with van der Waals surface area (Å²) in [5.41, 5.74) is 1.42. The number of pyridine rings is 1. The summed E-state index contributed by atoms with van der Waals surface area (Å²) in [6.07, 6.45) is 1.54. The summed E-state index contributed by atoms with van der Waals surface area (Å²) in [6, 6.07) is 5.88. The smallest absolute Gasteiger partial charge is 0.410 e. The number of aromatic nitrogens is 1. The van der Waals surface area contributed by atoms with Crippen molar-refractivity contribution in [2.24, 2.45) is 0 Å². The zero-order valence-electron chi connectivity index (χ0n) is 17.5. The third-order valence-corrected chi connectivity index (χ3v) is 4.82. The Kier molecular flexibility index (Phi) is 5.54. The molecule has 0 spiro atoms. The molecule has 0 bridgehead atoms. The highest BCUT2D eigenvalue weighted by Gasteiger charge is 2.31. The van der Waals surface area contributed by atoms with Crippen LogP contribution in [0.2, 0.25) is 0 Å². The average Bonchev–Trinajstić information content (AvgIpc) is 2.64. The Morgan fingerprint density at radius 2 is 1.82 bits per heavy atom. The predicted octanol–water partition coefficient (Wildman–Crippen LogP) is 3.70. The molecule has 1 aromatic heterocycles. The Hall–Kier alpha value is -2.70. The Balaban J connectivity index is 1.85. The van der Waals surface area contributed by atoms with E-state index < -0.39 is 5.60 Å². The third kappa shape index (κ3) is 4.08. The summed E-state index contributed by atoms with van der Waals surface area (Å²) >= 11 is 0. The van der Waals surface area contributed by atoms with Gasteiger partial charge in [0.2, 0.25) is 0 Å². The number of nitrogens with zero attached hydrogens (tertiary/aromatic N) is 3. The van der Waals surface area contributed by atoms with Gasteiger partial charge in [-0.05, 0) is 39.8 Å². The number of fused-ring (bicyclic) bond motifs is 1. The number of hydrogen-bond donors (Lipinski definition) is 0. The van der Waals surface area contributed by atoms with E-state index in [9.17, 15) is 4.79 Å². The first kappa shape index (κ1) is 20.0. The molecule has 1 atom stereocenters. The highest BCUT2D eigenvalue weighted by Crippen LogP contribution is 2.36. The molecule has 1 aliphatic heterocycles. The molecule has 2 heterocycles. The van der Waals surface area contributed by atoms with Crippen LogP contribution in [0.25, 0.3) is 10.9 Å². The fourth-order valence-electron chi connectivity index (χ4n) is 3.50. The summed E-state index contributed by atoms with van der Waals surface area (Å²) in [7, 11) is 3.24. The van der Waals surface area contributed by atoms with E-state index in [4.69, 9.17) is 14.2 Å². The molecule has 0 radical (unpaired) electrons. The minimum atomic E-state index is -0.495. The number of carbonyl (C=O) groups is 1. The maximum Gasteiger partial charge on any atom is 0.410 e. The molecule has 1 amide bonds. The van der Waals surface area contributed by atoms with Crippen LogP contribution in [0.4, 0.5) is 10.5 Å². The van der Waals surface area contributed by atoms with Gasteiger partial charge in [0.25, 0.3) is 0 Å². The first-order valence-corrected chi connectivity index (χ1v) is 9.49. The fourth-order valence-corrected chi connectivity index (χ4v) is 3.50. The first-order valence-electron chi connectivity index (χ1n) is 9.49. The fraction of sp³-hybridized carbons (Fsp3) is 0.524. The number of carbonyl (C=O) groups excluding carboxylic acids is 1. The summed E-state index contributed by atoms with van der Waals surface area (Å²) in [4.78, 5) is 21.0. The number of benzene rings is 1. The summed E-state index contributed by atoms with van der Waals surface area (Å²) in [5, 5.41) is 0.998. The van der Waals surface area contributed by atoms with Crippen LogP contribution in [0, 0.1) is 0 Å². The molecule has 1 saturated heterocycles. The third-order valence-electron chi connectivity index (χ3n) is 4.82. The monoisotopic (exact) mass is 387 g/mol. The molecular formula is C21H29N3O4. The van der Waals surface area contributed by atoms with Crippen LogP contribution in [0.3, 0.4) is 0 Å². The van der Waals surface area contributed by atoms with E-state index in [1.54, 1.807) is 25.3 Å². The number of ether oxygens (including phenoxy) is 3. The summed E-state index contributed by atoms with van der Waals surface area (Å²) < 4.78 is 16.4. The van der Waals surface area contributed by atoms with Crippen molar-refractivity contribution in [1.29, 1.82) is 0 Å². The van der Waals surface area contributed by atoms with Gasteiger partial charge in [0.05, 0.1) is 19.7 Å². The quantitative estimate of drug-likeness (QED) is 0.800. The van der Waals surface area contributed by atoms with Crippen LogP contribution in [0.15, 0.2) is 24.4 Å². The van der Waals surface area contributed by atoms with Gasteiger partial charge < -0.3 is 24.0 Å². The number of rotatable bonds is 3. The van der Waals surface area contributed by atoms with E-state index in [1.807, 2.05) is 45.9 Å². The number of piperazine rings is 1. The Morgan fingerprint density at radius 1 is 1.14 bits per heavy atom. The highest BCUT2D eigenvalue weighted by molar-refractivity contribution is 5.94. The molecule has 152 valence electrons. The lowest BCUT2D eigenvalue weighted by atomic mass is 10.1. The molecule has 1 aliphatic rings. The number of amides is 1. The maximum absolute atomic E-state index is 12.5. The zero-order chi connectivity index (χ0) is 20.5. The van der Waals surface area contributed by atoms with Gasteiger partial charge in [-0.15, -0.1) is 0 Å². The maximum atomic E-state index is 12.5. The largest absolute Gasteiger partial charge is 0.493 e. The molecule has 28 heavy (non-hydrogen) atoms. The van der Waals surface area contributed by atoms with Gasteiger partial charge in [0, 0.05) is 49.0 Å². The van der Waals surface area contributed by atoms with E-state index in [-0.39, 0.29) is 12.1 Å². The van der Waals surface area contributed by atoms with Gasteiger partial charge in [-0.1, -0.05) is 0 Å². The summed E-state index contributed by atoms with van der Waals surface area (Å²) in [5.74, 6) is 1.33. The van der Waals surface area contributed by atoms with Gasteiger partial charge in [-0.2, -0.15) is 0 Å². The van der Waals surface area contributed by atoms with Crippen LogP contribution in [-0.4, -0.2) is 61.5 Å². The van der Waals surface area contributed by atoms with Gasteiger partial charge in [0.1, 0.15) is 5.60 Å². The lowest BCUT2D eigenvalue weighted by molar-refractivity contribution is 0.0159. The van der Waals surface area contributed by atoms with Crippen molar-refractivity contribution in [3.8, 4) is 11.5 Å². The topological polar surface area (TPSA) is 64.1 Å². The van der Waals surface area contributed by atoms with Crippen LogP contribution in [0.5, 0.6) is 11.5 Å². The van der Waals surface area contributed by atoms with Crippen molar-refractivity contribution < 1.29 is 19.0 Å². The van der Waals surface area contributed by atoms with E-state index >= 15 is 0 Å². The number of methoxy groups -OCH3 is 2. The standard InChI is InChI=1S/C21H29N3O4/c1-14-13-23(9-10-24(14)20(25)28-21(2,3)4)17-7-8-22-16-12-19(27-6)18(26-5)11-15(16)17/h7-8,11-12,14H,9-10,13H2,1-6H3. The molecule has 1 unspecified atom stereocenters. The van der Waals surface area contributed by atoms with Gasteiger partial charge in [-0.25, -0.2) is 4.79 Å². The van der Waals surface area contributed by atoms with Crippen LogP contribution in [0.1, 0.15) is 27.7 Å². The van der Waals surface area contributed by atoms with E-state index in [0.717, 1.165) is 23.1 Å². The Labute approximate surface area is 166 Å². The molecule has 7 heteroatoms. The van der Waals surface area contributed by atoms with Crippen LogP contribution >= 0.6 is 0 Å². The molecule has 1 aromatic carbocycles. The number of anilines is 1. The molecule has 0 saturated carbocycles. The normalized spacial score (nSPS) is 17.6. The lowest BCUT2D eigenvalue weighted by Gasteiger charge is -2.41. The van der Waals surface area contributed by atoms with Crippen molar-refractivity contribution in [1.82, 2.24) is 9.88 Å². The van der Waals surface area contributed by atoms with Crippen molar-refractivity contribution >= 4 is 22.7 Å². The molecule has 0 aliphatic carbocycles. The van der Waals surface area contributed by atoms with Crippen LogP contribution in [-0.2, 0) is 4.74 Å². The minimum Gasteiger partial charge on any atom is -0.493 e. The highest BCUT2D eigenvalue weighted by atomic mass is 16.6. The zero-order valence-corrected chi connectivity index (χ0v) is 17.5. The minimum absolute atomic E-state index is 0.0342. The Morgan fingerprint density at radius 3 is 2.43 bits per heavy atom. The molecule has 3 rings (SSSR count).